The van der Waals surface area contributed by atoms with E-state index in [0.717, 1.165) is 24.6 Å². The molecule has 0 saturated carbocycles. The van der Waals surface area contributed by atoms with Crippen LogP contribution in [0.1, 0.15) is 50.7 Å². The molecule has 1 aliphatic heterocycles. The van der Waals surface area contributed by atoms with Gasteiger partial charge in [-0.05, 0) is 67.4 Å². The summed E-state index contributed by atoms with van der Waals surface area (Å²) in [6.45, 7) is 13.8. The Bertz CT molecular complexity index is 792. The number of rotatable bonds is 8. The van der Waals surface area contributed by atoms with Crippen molar-refractivity contribution < 1.29 is 0 Å². The Balaban J connectivity index is 1.61. The standard InChI is InChI=1S/C26H34N2/c1-4-27-21(3)26(16-9-10-17-28-18-15-20(2)19-28)24-13-7-5-11-22(24)23-12-6-8-14-25(23)26/h5-8,11-14,20,27H,3-4,9-10,15-19H2,1-2H3. The number of allylic oxidation sites excluding steroid dienone is 1. The molecule has 1 atom stereocenters. The molecule has 2 heteroatoms. The summed E-state index contributed by atoms with van der Waals surface area (Å²) in [6.07, 6.45) is 4.97. The maximum atomic E-state index is 4.54. The van der Waals surface area contributed by atoms with E-state index >= 15 is 0 Å². The topological polar surface area (TPSA) is 15.3 Å². The van der Waals surface area contributed by atoms with Gasteiger partial charge in [-0.25, -0.2) is 0 Å². The molecule has 0 radical (unpaired) electrons. The van der Waals surface area contributed by atoms with E-state index in [2.05, 4.69) is 79.2 Å². The van der Waals surface area contributed by atoms with E-state index in [1.807, 2.05) is 0 Å². The molecule has 148 valence electrons. The minimum atomic E-state index is -0.110. The molecule has 4 rings (SSSR count). The van der Waals surface area contributed by atoms with Gasteiger partial charge < -0.3 is 10.2 Å². The molecule has 1 aliphatic carbocycles. The zero-order valence-electron chi connectivity index (χ0n) is 17.5. The number of hydrogen-bond acceptors (Lipinski definition) is 2. The van der Waals surface area contributed by atoms with Crippen molar-refractivity contribution in [3.05, 3.63) is 71.9 Å². The van der Waals surface area contributed by atoms with Crippen LogP contribution in [0.25, 0.3) is 11.1 Å². The van der Waals surface area contributed by atoms with Crippen molar-refractivity contribution in [3.8, 4) is 11.1 Å². The number of benzene rings is 2. The van der Waals surface area contributed by atoms with Crippen LogP contribution in [0.4, 0.5) is 0 Å². The lowest BCUT2D eigenvalue weighted by Crippen LogP contribution is -2.35. The van der Waals surface area contributed by atoms with Gasteiger partial charge in [0.25, 0.3) is 0 Å². The zero-order valence-corrected chi connectivity index (χ0v) is 17.5. The van der Waals surface area contributed by atoms with Gasteiger partial charge in [0.15, 0.2) is 0 Å². The molecular weight excluding hydrogens is 340 g/mol. The molecule has 2 aromatic carbocycles. The van der Waals surface area contributed by atoms with Gasteiger partial charge in [0.2, 0.25) is 0 Å². The summed E-state index contributed by atoms with van der Waals surface area (Å²) in [5.74, 6) is 0.869. The molecule has 1 fully saturated rings. The summed E-state index contributed by atoms with van der Waals surface area (Å²) in [5.41, 5.74) is 6.66. The SMILES string of the molecule is C=C(NCC)C1(CCCCN2CCC(C)C2)c2ccccc2-c2ccccc21. The summed E-state index contributed by atoms with van der Waals surface area (Å²) in [6, 6.07) is 17.9. The number of fused-ring (bicyclic) bond motifs is 3. The minimum absolute atomic E-state index is 0.110. The molecule has 2 nitrogen and oxygen atoms in total. The summed E-state index contributed by atoms with van der Waals surface area (Å²) in [7, 11) is 0. The Morgan fingerprint density at radius 1 is 1.07 bits per heavy atom. The van der Waals surface area contributed by atoms with Gasteiger partial charge >= 0.3 is 0 Å². The maximum Gasteiger partial charge on any atom is 0.0604 e. The molecule has 0 amide bonds. The first kappa shape index (κ1) is 19.3. The predicted octanol–water partition coefficient (Wildman–Crippen LogP) is 5.59. The molecule has 2 aromatic rings. The molecule has 28 heavy (non-hydrogen) atoms. The lowest BCUT2D eigenvalue weighted by atomic mass is 9.72. The Hall–Kier alpha value is -2.06. The quantitative estimate of drug-likeness (QED) is 0.606. The first-order chi connectivity index (χ1) is 13.7. The second-order valence-electron chi connectivity index (χ2n) is 8.66. The van der Waals surface area contributed by atoms with Crippen LogP contribution in [0.3, 0.4) is 0 Å². The molecular formula is C26H34N2. The highest BCUT2D eigenvalue weighted by molar-refractivity contribution is 5.82. The Morgan fingerprint density at radius 3 is 2.29 bits per heavy atom. The first-order valence-electron chi connectivity index (χ1n) is 11.0. The van der Waals surface area contributed by atoms with Gasteiger partial charge in [-0.1, -0.05) is 68.5 Å². The van der Waals surface area contributed by atoms with Crippen molar-refractivity contribution in [2.75, 3.05) is 26.2 Å². The van der Waals surface area contributed by atoms with Gasteiger partial charge in [0, 0.05) is 18.8 Å². The van der Waals surface area contributed by atoms with Crippen LogP contribution in [-0.4, -0.2) is 31.1 Å². The predicted molar refractivity (Wildman–Crippen MR) is 120 cm³/mol. The average molecular weight is 375 g/mol. The maximum absolute atomic E-state index is 4.54. The van der Waals surface area contributed by atoms with Gasteiger partial charge in [-0.15, -0.1) is 0 Å². The average Bonchev–Trinajstić information content (AvgIpc) is 3.25. The van der Waals surface area contributed by atoms with E-state index in [0.29, 0.717) is 0 Å². The summed E-state index contributed by atoms with van der Waals surface area (Å²) < 4.78 is 0. The van der Waals surface area contributed by atoms with Crippen LogP contribution in [0.15, 0.2) is 60.8 Å². The lowest BCUT2D eigenvalue weighted by molar-refractivity contribution is 0.314. The van der Waals surface area contributed by atoms with Crippen LogP contribution in [0, 0.1) is 5.92 Å². The van der Waals surface area contributed by atoms with E-state index in [1.165, 1.54) is 61.2 Å². The number of unbranched alkanes of at least 4 members (excludes halogenated alkanes) is 1. The lowest BCUT2D eigenvalue weighted by Gasteiger charge is -2.35. The normalized spacial score (nSPS) is 20.0. The number of nitrogens with zero attached hydrogens (tertiary/aromatic N) is 1. The van der Waals surface area contributed by atoms with Crippen molar-refractivity contribution >= 4 is 0 Å². The Labute approximate surface area is 170 Å². The van der Waals surface area contributed by atoms with E-state index in [-0.39, 0.29) is 5.41 Å². The molecule has 2 aliphatic rings. The van der Waals surface area contributed by atoms with Crippen molar-refractivity contribution in [3.63, 3.8) is 0 Å². The minimum Gasteiger partial charge on any atom is -0.388 e. The molecule has 1 saturated heterocycles. The largest absolute Gasteiger partial charge is 0.388 e. The van der Waals surface area contributed by atoms with Crippen LogP contribution < -0.4 is 5.32 Å². The van der Waals surface area contributed by atoms with Gasteiger partial charge in [-0.3, -0.25) is 0 Å². The van der Waals surface area contributed by atoms with Gasteiger partial charge in [0.05, 0.1) is 5.41 Å². The third-order valence-electron chi connectivity index (χ3n) is 6.75. The third kappa shape index (κ3) is 3.28. The van der Waals surface area contributed by atoms with E-state index in [4.69, 9.17) is 0 Å². The fourth-order valence-electron chi connectivity index (χ4n) is 5.39. The summed E-state index contributed by atoms with van der Waals surface area (Å²) >= 11 is 0. The number of nitrogens with one attached hydrogen (secondary N) is 1. The molecule has 0 spiro atoms. The van der Waals surface area contributed by atoms with Crippen LogP contribution in [0.5, 0.6) is 0 Å². The van der Waals surface area contributed by atoms with Crippen LogP contribution >= 0.6 is 0 Å². The first-order valence-corrected chi connectivity index (χ1v) is 11.0. The molecule has 1 N–H and O–H groups in total. The molecule has 0 bridgehead atoms. The Morgan fingerprint density at radius 2 is 1.71 bits per heavy atom. The summed E-state index contributed by atoms with van der Waals surface area (Å²) in [5, 5.41) is 3.59. The van der Waals surface area contributed by atoms with E-state index in [1.54, 1.807) is 0 Å². The van der Waals surface area contributed by atoms with Crippen molar-refractivity contribution in [2.45, 2.75) is 44.9 Å². The van der Waals surface area contributed by atoms with Crippen molar-refractivity contribution in [2.24, 2.45) is 5.92 Å². The second kappa shape index (κ2) is 8.13. The molecule has 0 aromatic heterocycles. The smallest absolute Gasteiger partial charge is 0.0604 e. The second-order valence-corrected chi connectivity index (χ2v) is 8.66. The van der Waals surface area contributed by atoms with E-state index < -0.39 is 0 Å². The fourth-order valence-corrected chi connectivity index (χ4v) is 5.39. The highest BCUT2D eigenvalue weighted by Crippen LogP contribution is 2.54. The highest BCUT2D eigenvalue weighted by Gasteiger charge is 2.44. The van der Waals surface area contributed by atoms with Gasteiger partial charge in [-0.2, -0.15) is 0 Å². The van der Waals surface area contributed by atoms with Crippen molar-refractivity contribution in [1.29, 1.82) is 0 Å². The highest BCUT2D eigenvalue weighted by atomic mass is 15.1. The molecule has 1 heterocycles. The number of likely N-dealkylation sites (N-methyl/N-ethyl adjacent to an activating group) is 1. The fraction of sp³-hybridized carbons (Fsp3) is 0.462. The van der Waals surface area contributed by atoms with Crippen molar-refractivity contribution in [1.82, 2.24) is 10.2 Å². The van der Waals surface area contributed by atoms with Crippen LogP contribution in [0.2, 0.25) is 0 Å². The van der Waals surface area contributed by atoms with Gasteiger partial charge in [0.1, 0.15) is 0 Å². The monoisotopic (exact) mass is 374 g/mol. The molecule has 1 unspecified atom stereocenters. The third-order valence-corrected chi connectivity index (χ3v) is 6.75. The Kier molecular flexibility index (Phi) is 5.59. The van der Waals surface area contributed by atoms with E-state index in [9.17, 15) is 0 Å². The number of hydrogen-bond donors (Lipinski definition) is 1. The van der Waals surface area contributed by atoms with Crippen LogP contribution in [-0.2, 0) is 5.41 Å². The number of likely N-dealkylation sites (tertiary alicyclic amines) is 1. The summed E-state index contributed by atoms with van der Waals surface area (Å²) in [4.78, 5) is 2.65. The zero-order chi connectivity index (χ0) is 19.6.